The Hall–Kier alpha value is -3.81. The minimum absolute atomic E-state index is 0.0183. The zero-order chi connectivity index (χ0) is 26.7. The summed E-state index contributed by atoms with van der Waals surface area (Å²) in [5.74, 6) is -0.447. The average Bonchev–Trinajstić information content (AvgIpc) is 2.90. The number of hydrogen-bond donors (Lipinski definition) is 1. The highest BCUT2D eigenvalue weighted by Crippen LogP contribution is 2.48. The normalized spacial score (nSPS) is 21.2. The van der Waals surface area contributed by atoms with Crippen LogP contribution >= 0.6 is 0 Å². The van der Waals surface area contributed by atoms with Gasteiger partial charge in [-0.3, -0.25) is 14.6 Å². The molecule has 2 aliphatic rings. The van der Waals surface area contributed by atoms with Crippen molar-refractivity contribution in [3.8, 4) is 23.0 Å². The number of ether oxygens (including phenoxy) is 4. The summed E-state index contributed by atoms with van der Waals surface area (Å²) in [6.07, 6.45) is 1.49. The van der Waals surface area contributed by atoms with Crippen molar-refractivity contribution < 1.29 is 33.6 Å². The Balaban J connectivity index is 1.79. The van der Waals surface area contributed by atoms with Gasteiger partial charge >= 0.3 is 5.97 Å². The number of nitrogens with zero attached hydrogens (tertiary/aromatic N) is 1. The third-order valence-corrected chi connectivity index (χ3v) is 7.03. The number of benzene rings is 2. The van der Waals surface area contributed by atoms with Gasteiger partial charge in [-0.15, -0.1) is 0 Å². The van der Waals surface area contributed by atoms with E-state index in [-0.39, 0.29) is 36.2 Å². The fraction of sp³-hybridized carbons (Fsp3) is 0.414. The van der Waals surface area contributed by atoms with Crippen molar-refractivity contribution in [2.45, 2.75) is 44.9 Å². The molecule has 0 aromatic heterocycles. The van der Waals surface area contributed by atoms with Crippen LogP contribution in [0.4, 0.5) is 0 Å². The summed E-state index contributed by atoms with van der Waals surface area (Å²) >= 11 is 0. The van der Waals surface area contributed by atoms with E-state index in [0.29, 0.717) is 46.9 Å². The lowest BCUT2D eigenvalue weighted by Gasteiger charge is -2.36. The van der Waals surface area contributed by atoms with E-state index in [9.17, 15) is 14.7 Å². The summed E-state index contributed by atoms with van der Waals surface area (Å²) in [7, 11) is 4.62. The molecular weight excluding hydrogens is 474 g/mol. The molecule has 1 aliphatic carbocycles. The van der Waals surface area contributed by atoms with Crippen molar-refractivity contribution in [2.24, 2.45) is 10.9 Å². The molecule has 2 aromatic carbocycles. The Morgan fingerprint density at radius 3 is 2.32 bits per heavy atom. The maximum absolute atomic E-state index is 13.8. The number of aliphatic imine (C=N–C) groups is 1. The molecule has 0 saturated carbocycles. The highest BCUT2D eigenvalue weighted by Gasteiger charge is 2.45. The molecule has 4 rings (SSSR count). The Morgan fingerprint density at radius 1 is 0.973 bits per heavy atom. The van der Waals surface area contributed by atoms with Gasteiger partial charge in [0.15, 0.2) is 28.8 Å². The number of carbonyl (C=O) groups is 2. The van der Waals surface area contributed by atoms with Crippen molar-refractivity contribution in [3.63, 3.8) is 0 Å². The maximum Gasteiger partial charge on any atom is 0.315 e. The molecule has 1 heterocycles. The number of methoxy groups -OCH3 is 3. The van der Waals surface area contributed by atoms with Gasteiger partial charge in [-0.1, -0.05) is 19.1 Å². The number of carbonyl (C=O) groups excluding carboxylic acids is 2. The lowest BCUT2D eigenvalue weighted by atomic mass is 9.69. The lowest BCUT2D eigenvalue weighted by Crippen LogP contribution is -2.38. The van der Waals surface area contributed by atoms with Gasteiger partial charge in [0, 0.05) is 29.3 Å². The third-order valence-electron chi connectivity index (χ3n) is 7.03. The van der Waals surface area contributed by atoms with Gasteiger partial charge < -0.3 is 24.1 Å². The summed E-state index contributed by atoms with van der Waals surface area (Å²) < 4.78 is 21.7. The van der Waals surface area contributed by atoms with Crippen LogP contribution < -0.4 is 14.2 Å². The molecule has 0 bridgehead atoms. The van der Waals surface area contributed by atoms with Crippen molar-refractivity contribution >= 4 is 17.5 Å². The van der Waals surface area contributed by atoms with Crippen molar-refractivity contribution in [3.05, 3.63) is 58.8 Å². The molecule has 1 N–H and O–H groups in total. The number of rotatable bonds is 8. The fourth-order valence-electron chi connectivity index (χ4n) is 5.25. The molecule has 1 unspecified atom stereocenters. The Bertz CT molecular complexity index is 1260. The van der Waals surface area contributed by atoms with E-state index < -0.39 is 17.8 Å². The number of esters is 1. The first-order valence-corrected chi connectivity index (χ1v) is 12.4. The van der Waals surface area contributed by atoms with Crippen LogP contribution in [0.1, 0.15) is 56.1 Å². The summed E-state index contributed by atoms with van der Waals surface area (Å²) in [6, 6.07) is 10.6. The number of phenols is 1. The minimum Gasteiger partial charge on any atom is -0.504 e. The van der Waals surface area contributed by atoms with Crippen LogP contribution in [0.15, 0.2) is 52.7 Å². The first-order valence-electron chi connectivity index (χ1n) is 12.4. The minimum atomic E-state index is -0.749. The van der Waals surface area contributed by atoms with Gasteiger partial charge in [-0.2, -0.15) is 0 Å². The summed E-state index contributed by atoms with van der Waals surface area (Å²) in [4.78, 5) is 31.8. The Kier molecular flexibility index (Phi) is 7.86. The molecule has 0 spiro atoms. The van der Waals surface area contributed by atoms with Crippen molar-refractivity contribution in [1.29, 1.82) is 0 Å². The van der Waals surface area contributed by atoms with Gasteiger partial charge in [0.1, 0.15) is 5.92 Å². The first-order chi connectivity index (χ1) is 17.8. The molecular formula is C29H33NO7. The first kappa shape index (κ1) is 26.3. The van der Waals surface area contributed by atoms with Gasteiger partial charge in [-0.25, -0.2) is 0 Å². The van der Waals surface area contributed by atoms with Crippen LogP contribution in [0.25, 0.3) is 0 Å². The fourth-order valence-corrected chi connectivity index (χ4v) is 5.25. The number of phenolic OH excluding ortho intramolecular Hbond substituents is 1. The average molecular weight is 508 g/mol. The highest BCUT2D eigenvalue weighted by molar-refractivity contribution is 6.09. The smallest absolute Gasteiger partial charge is 0.315 e. The molecule has 3 atom stereocenters. The summed E-state index contributed by atoms with van der Waals surface area (Å²) in [6.45, 7) is 4.02. The van der Waals surface area contributed by atoms with E-state index in [0.717, 1.165) is 5.56 Å². The van der Waals surface area contributed by atoms with Crippen molar-refractivity contribution in [1.82, 2.24) is 0 Å². The number of Topliss-reactive ketones (excluding diaryl/α,β-unsaturated/α-hetero) is 1. The van der Waals surface area contributed by atoms with Crippen LogP contribution in [0.5, 0.6) is 23.0 Å². The van der Waals surface area contributed by atoms with E-state index in [1.54, 1.807) is 33.3 Å². The van der Waals surface area contributed by atoms with Gasteiger partial charge in [-0.05, 0) is 61.1 Å². The molecule has 0 radical (unpaired) electrons. The zero-order valence-corrected chi connectivity index (χ0v) is 21.9. The van der Waals surface area contributed by atoms with Crippen LogP contribution in [-0.4, -0.2) is 50.5 Å². The van der Waals surface area contributed by atoms with E-state index >= 15 is 0 Å². The van der Waals surface area contributed by atoms with Crippen LogP contribution in [0.3, 0.4) is 0 Å². The van der Waals surface area contributed by atoms with E-state index in [1.165, 1.54) is 13.2 Å². The quantitative estimate of drug-likeness (QED) is 0.505. The summed E-state index contributed by atoms with van der Waals surface area (Å²) in [5.41, 5.74) is 3.43. The second-order valence-corrected chi connectivity index (χ2v) is 9.31. The summed E-state index contributed by atoms with van der Waals surface area (Å²) in [5, 5.41) is 10.2. The lowest BCUT2D eigenvalue weighted by molar-refractivity contribution is -0.146. The maximum atomic E-state index is 13.8. The molecule has 8 nitrogen and oxygen atoms in total. The molecule has 196 valence electrons. The van der Waals surface area contributed by atoms with Gasteiger partial charge in [0.2, 0.25) is 0 Å². The van der Waals surface area contributed by atoms with Crippen LogP contribution in [0, 0.1) is 5.92 Å². The monoisotopic (exact) mass is 507 g/mol. The second kappa shape index (κ2) is 11.1. The molecule has 0 amide bonds. The van der Waals surface area contributed by atoms with Crippen molar-refractivity contribution in [2.75, 3.05) is 27.9 Å². The van der Waals surface area contributed by atoms with Crippen LogP contribution in [0.2, 0.25) is 0 Å². The van der Waals surface area contributed by atoms with Gasteiger partial charge in [0.25, 0.3) is 0 Å². The Morgan fingerprint density at radius 2 is 1.65 bits per heavy atom. The SMILES string of the molecule is CCCOC(=O)C1C(C)=NC2=C(C(=O)C[C@H](c3ccc(OC)c(OC)c3)C2)[C@@H]1c1ccc(O)c(OC)c1. The third kappa shape index (κ3) is 5.05. The number of hydrogen-bond acceptors (Lipinski definition) is 8. The number of ketones is 1. The standard InChI is InChI=1S/C29H33NO7/c1-6-11-37-29(33)26-16(2)30-20-12-19(17-8-10-23(34-3)25(14-17)36-5)13-22(32)28(20)27(26)18-7-9-21(31)24(15-18)35-4/h7-10,14-15,19,26-27,31H,6,11-13H2,1-5H3/t19-,26?,27-/m1/s1. The molecule has 0 fully saturated rings. The number of allylic oxidation sites excluding steroid dienone is 2. The molecule has 37 heavy (non-hydrogen) atoms. The molecule has 8 heteroatoms. The Labute approximate surface area is 216 Å². The van der Waals surface area contributed by atoms with E-state index in [2.05, 4.69) is 0 Å². The molecule has 2 aromatic rings. The predicted molar refractivity (Wildman–Crippen MR) is 139 cm³/mol. The van der Waals surface area contributed by atoms with E-state index in [4.69, 9.17) is 23.9 Å². The predicted octanol–water partition coefficient (Wildman–Crippen LogP) is 4.95. The van der Waals surface area contributed by atoms with Gasteiger partial charge in [0.05, 0.1) is 27.9 Å². The topological polar surface area (TPSA) is 104 Å². The van der Waals surface area contributed by atoms with E-state index in [1.807, 2.05) is 25.1 Å². The second-order valence-electron chi connectivity index (χ2n) is 9.31. The molecule has 0 saturated heterocycles. The molecule has 1 aliphatic heterocycles. The number of aromatic hydroxyl groups is 1. The largest absolute Gasteiger partial charge is 0.504 e. The highest BCUT2D eigenvalue weighted by atomic mass is 16.5. The van der Waals surface area contributed by atoms with Crippen LogP contribution in [-0.2, 0) is 14.3 Å². The zero-order valence-electron chi connectivity index (χ0n) is 21.9.